The Hall–Kier alpha value is -2.18. The fourth-order valence-corrected chi connectivity index (χ4v) is 2.96. The largest absolute Gasteiger partial charge is 0.424 e. The summed E-state index contributed by atoms with van der Waals surface area (Å²) >= 11 is 7.28. The Morgan fingerprint density at radius 1 is 1.13 bits per heavy atom. The summed E-state index contributed by atoms with van der Waals surface area (Å²) in [6.45, 7) is 4.52. The molecule has 5 nitrogen and oxygen atoms in total. The number of rotatable bonds is 5. The molecule has 2 heterocycles. The molecule has 0 aliphatic rings. The minimum absolute atomic E-state index is 0.363. The van der Waals surface area contributed by atoms with E-state index in [-0.39, 0.29) is 0 Å². The Morgan fingerprint density at radius 2 is 1.83 bits per heavy atom. The summed E-state index contributed by atoms with van der Waals surface area (Å²) in [5, 5.41) is 3.31. The van der Waals surface area contributed by atoms with E-state index >= 15 is 0 Å². The van der Waals surface area contributed by atoms with Gasteiger partial charge in [0.1, 0.15) is 5.75 Å². The van der Waals surface area contributed by atoms with E-state index in [1.165, 1.54) is 11.3 Å². The van der Waals surface area contributed by atoms with E-state index in [2.05, 4.69) is 20.3 Å². The number of nitrogens with one attached hydrogen (secondary N) is 1. The number of nitrogens with zero attached hydrogens (tertiary/aromatic N) is 3. The van der Waals surface area contributed by atoms with Gasteiger partial charge in [0.2, 0.25) is 0 Å². The van der Waals surface area contributed by atoms with Crippen molar-refractivity contribution in [1.29, 1.82) is 0 Å². The zero-order chi connectivity index (χ0) is 16.2. The fourth-order valence-electron chi connectivity index (χ4n) is 2.04. The van der Waals surface area contributed by atoms with E-state index in [9.17, 15) is 0 Å². The third kappa shape index (κ3) is 4.40. The second-order valence-corrected chi connectivity index (χ2v) is 6.69. The zero-order valence-electron chi connectivity index (χ0n) is 12.7. The number of aromatic nitrogens is 3. The Morgan fingerprint density at radius 3 is 2.43 bits per heavy atom. The normalized spacial score (nSPS) is 10.6. The minimum Gasteiger partial charge on any atom is -0.424 e. The van der Waals surface area contributed by atoms with Gasteiger partial charge in [0.05, 0.1) is 6.54 Å². The molecule has 3 aromatic rings. The lowest BCUT2D eigenvalue weighted by Gasteiger charge is -2.08. The molecule has 0 saturated heterocycles. The van der Waals surface area contributed by atoms with Gasteiger partial charge >= 0.3 is 6.01 Å². The van der Waals surface area contributed by atoms with Crippen LogP contribution in [0, 0.1) is 13.8 Å². The first-order chi connectivity index (χ1) is 11.1. The maximum absolute atomic E-state index is 5.81. The van der Waals surface area contributed by atoms with Crippen molar-refractivity contribution >= 4 is 28.6 Å². The lowest BCUT2D eigenvalue weighted by atomic mass is 10.3. The van der Waals surface area contributed by atoms with E-state index in [4.69, 9.17) is 16.3 Å². The molecular formula is C16H15ClN4OS. The summed E-state index contributed by atoms with van der Waals surface area (Å²) in [5.74, 6) is 0.696. The number of halogens is 1. The number of ether oxygens (including phenoxy) is 1. The molecule has 0 radical (unpaired) electrons. The van der Waals surface area contributed by atoms with Crippen molar-refractivity contribution in [3.8, 4) is 11.8 Å². The summed E-state index contributed by atoms with van der Waals surface area (Å²) in [4.78, 5) is 13.6. The van der Waals surface area contributed by atoms with Crippen LogP contribution in [0.5, 0.6) is 11.8 Å². The van der Waals surface area contributed by atoms with Gasteiger partial charge in [-0.1, -0.05) is 11.6 Å². The quantitative estimate of drug-likeness (QED) is 0.731. The predicted molar refractivity (Wildman–Crippen MR) is 92.5 cm³/mol. The molecular weight excluding hydrogens is 332 g/mol. The highest BCUT2D eigenvalue weighted by Gasteiger charge is 2.04. The first-order valence-corrected chi connectivity index (χ1v) is 8.22. The standard InChI is InChI=1S/C16H15ClN4OS/c1-10-7-11(2)21-16(20-10)22-13-5-3-12(4-6-13)18-8-14-9-19-15(17)23-14/h3-7,9,18H,8H2,1-2H3. The summed E-state index contributed by atoms with van der Waals surface area (Å²) in [7, 11) is 0. The lowest BCUT2D eigenvalue weighted by molar-refractivity contribution is 0.439. The lowest BCUT2D eigenvalue weighted by Crippen LogP contribution is -1.98. The molecule has 0 aliphatic heterocycles. The first kappa shape index (κ1) is 15.7. The number of hydrogen-bond donors (Lipinski definition) is 1. The van der Waals surface area contributed by atoms with Crippen molar-refractivity contribution in [2.45, 2.75) is 20.4 Å². The van der Waals surface area contributed by atoms with E-state index in [1.807, 2.05) is 44.2 Å². The van der Waals surface area contributed by atoms with Crippen LogP contribution in [-0.4, -0.2) is 15.0 Å². The van der Waals surface area contributed by atoms with Gasteiger partial charge in [0, 0.05) is 28.1 Å². The molecule has 0 fully saturated rings. The highest BCUT2D eigenvalue weighted by atomic mass is 35.5. The van der Waals surface area contributed by atoms with Gasteiger partial charge in [-0.05, 0) is 44.2 Å². The maximum Gasteiger partial charge on any atom is 0.322 e. The van der Waals surface area contributed by atoms with Gasteiger partial charge in [0.25, 0.3) is 0 Å². The van der Waals surface area contributed by atoms with Crippen LogP contribution in [0.4, 0.5) is 5.69 Å². The molecule has 7 heteroatoms. The van der Waals surface area contributed by atoms with Crippen LogP contribution in [0.15, 0.2) is 36.5 Å². The molecule has 2 aromatic heterocycles. The minimum atomic E-state index is 0.363. The van der Waals surface area contributed by atoms with Gasteiger partial charge in [-0.2, -0.15) is 0 Å². The Bertz CT molecular complexity index is 784. The summed E-state index contributed by atoms with van der Waals surface area (Å²) in [6.07, 6.45) is 1.77. The van der Waals surface area contributed by atoms with Crippen LogP contribution in [0.2, 0.25) is 4.47 Å². The first-order valence-electron chi connectivity index (χ1n) is 7.03. The second-order valence-electron chi connectivity index (χ2n) is 4.99. The van der Waals surface area contributed by atoms with E-state index in [1.54, 1.807) is 6.20 Å². The van der Waals surface area contributed by atoms with Gasteiger partial charge < -0.3 is 10.1 Å². The number of hydrogen-bond acceptors (Lipinski definition) is 6. The highest BCUT2D eigenvalue weighted by Crippen LogP contribution is 2.22. The molecule has 1 aromatic carbocycles. The molecule has 0 unspecified atom stereocenters. The summed E-state index contributed by atoms with van der Waals surface area (Å²) in [6, 6.07) is 9.92. The van der Waals surface area contributed by atoms with Crippen molar-refractivity contribution in [3.05, 3.63) is 57.3 Å². The molecule has 0 saturated carbocycles. The molecule has 1 N–H and O–H groups in total. The Balaban J connectivity index is 1.62. The van der Waals surface area contributed by atoms with Gasteiger partial charge in [0.15, 0.2) is 4.47 Å². The highest BCUT2D eigenvalue weighted by molar-refractivity contribution is 7.15. The van der Waals surface area contributed by atoms with Gasteiger partial charge in [-0.25, -0.2) is 15.0 Å². The fraction of sp³-hybridized carbons (Fsp3) is 0.188. The predicted octanol–water partition coefficient (Wildman–Crippen LogP) is 4.61. The Kier molecular flexibility index (Phi) is 4.73. The van der Waals surface area contributed by atoms with Crippen molar-refractivity contribution in [2.24, 2.45) is 0 Å². The molecule has 3 rings (SSSR count). The van der Waals surface area contributed by atoms with Crippen LogP contribution in [0.1, 0.15) is 16.3 Å². The van der Waals surface area contributed by atoms with Crippen LogP contribution in [-0.2, 0) is 6.54 Å². The third-order valence-corrected chi connectivity index (χ3v) is 4.13. The third-order valence-electron chi connectivity index (χ3n) is 3.02. The van der Waals surface area contributed by atoms with Gasteiger partial charge in [-0.15, -0.1) is 11.3 Å². The maximum atomic E-state index is 5.81. The Labute approximate surface area is 143 Å². The number of benzene rings is 1. The van der Waals surface area contributed by atoms with Crippen LogP contribution < -0.4 is 10.1 Å². The average Bonchev–Trinajstić information content (AvgIpc) is 2.91. The molecule has 0 atom stereocenters. The van der Waals surface area contributed by atoms with Crippen LogP contribution in [0.25, 0.3) is 0 Å². The van der Waals surface area contributed by atoms with Crippen molar-refractivity contribution in [3.63, 3.8) is 0 Å². The van der Waals surface area contributed by atoms with E-state index in [0.29, 0.717) is 22.8 Å². The zero-order valence-corrected chi connectivity index (χ0v) is 14.3. The molecule has 0 bridgehead atoms. The molecule has 0 spiro atoms. The van der Waals surface area contributed by atoms with Crippen LogP contribution >= 0.6 is 22.9 Å². The smallest absolute Gasteiger partial charge is 0.322 e. The van der Waals surface area contributed by atoms with Crippen molar-refractivity contribution in [2.75, 3.05) is 5.32 Å². The SMILES string of the molecule is Cc1cc(C)nc(Oc2ccc(NCc3cnc(Cl)s3)cc2)n1. The number of thiazole rings is 1. The second kappa shape index (κ2) is 6.93. The van der Waals surface area contributed by atoms with Crippen molar-refractivity contribution in [1.82, 2.24) is 15.0 Å². The van der Waals surface area contributed by atoms with Gasteiger partial charge in [-0.3, -0.25) is 0 Å². The summed E-state index contributed by atoms with van der Waals surface area (Å²) in [5.41, 5.74) is 2.76. The topological polar surface area (TPSA) is 59.9 Å². The van der Waals surface area contributed by atoms with E-state index in [0.717, 1.165) is 22.0 Å². The molecule has 118 valence electrons. The monoisotopic (exact) mass is 346 g/mol. The summed E-state index contributed by atoms with van der Waals surface area (Å²) < 4.78 is 6.24. The average molecular weight is 347 g/mol. The number of anilines is 1. The van der Waals surface area contributed by atoms with Crippen LogP contribution in [0.3, 0.4) is 0 Å². The van der Waals surface area contributed by atoms with E-state index < -0.39 is 0 Å². The molecule has 0 aliphatic carbocycles. The molecule has 0 amide bonds. The molecule has 23 heavy (non-hydrogen) atoms. The number of aryl methyl sites for hydroxylation is 2. The van der Waals surface area contributed by atoms with Crippen molar-refractivity contribution < 1.29 is 4.74 Å².